The van der Waals surface area contributed by atoms with E-state index in [1.807, 2.05) is 19.9 Å². The molecule has 1 heterocycles. The summed E-state index contributed by atoms with van der Waals surface area (Å²) in [6.45, 7) is 6.05. The first kappa shape index (κ1) is 13.3. The molecule has 4 heteroatoms. The maximum atomic E-state index is 13.9. The first-order valence-electron chi connectivity index (χ1n) is 6.48. The molecule has 2 atom stereocenters. The third kappa shape index (κ3) is 3.00. The van der Waals surface area contributed by atoms with E-state index >= 15 is 0 Å². The van der Waals surface area contributed by atoms with Crippen molar-refractivity contribution < 1.29 is 13.9 Å². The minimum Gasteiger partial charge on any atom is -0.487 e. The molecule has 1 aromatic rings. The van der Waals surface area contributed by atoms with Crippen LogP contribution in [-0.2, 0) is 4.74 Å². The van der Waals surface area contributed by atoms with Crippen LogP contribution >= 0.6 is 0 Å². The molecule has 0 bridgehead atoms. The lowest BCUT2D eigenvalue weighted by Gasteiger charge is -2.20. The van der Waals surface area contributed by atoms with E-state index in [0.717, 1.165) is 19.6 Å². The van der Waals surface area contributed by atoms with Crippen LogP contribution in [0.3, 0.4) is 0 Å². The predicted molar refractivity (Wildman–Crippen MR) is 68.3 cm³/mol. The molecule has 2 rings (SSSR count). The number of ether oxygens (including phenoxy) is 2. The SMILES string of the molecule is CCNC(C)c1c(F)cccc1OC1CCOC1. The number of hydrogen-bond acceptors (Lipinski definition) is 3. The molecule has 100 valence electrons. The fraction of sp³-hybridized carbons (Fsp3) is 0.571. The van der Waals surface area contributed by atoms with E-state index in [9.17, 15) is 4.39 Å². The molecule has 0 saturated carbocycles. The van der Waals surface area contributed by atoms with Crippen LogP contribution in [-0.4, -0.2) is 25.9 Å². The molecular weight excluding hydrogens is 233 g/mol. The van der Waals surface area contributed by atoms with Crippen LogP contribution in [0.15, 0.2) is 18.2 Å². The maximum absolute atomic E-state index is 13.9. The van der Waals surface area contributed by atoms with Crippen LogP contribution in [0.25, 0.3) is 0 Å². The van der Waals surface area contributed by atoms with Crippen molar-refractivity contribution in [1.82, 2.24) is 5.32 Å². The molecule has 1 saturated heterocycles. The molecule has 0 aromatic heterocycles. The average Bonchev–Trinajstić information content (AvgIpc) is 2.82. The second-order valence-corrected chi connectivity index (χ2v) is 4.53. The summed E-state index contributed by atoms with van der Waals surface area (Å²) in [5.74, 6) is 0.402. The van der Waals surface area contributed by atoms with Crippen LogP contribution in [0.4, 0.5) is 4.39 Å². The number of nitrogens with one attached hydrogen (secondary N) is 1. The summed E-state index contributed by atoms with van der Waals surface area (Å²) in [5.41, 5.74) is 0.603. The highest BCUT2D eigenvalue weighted by Crippen LogP contribution is 2.29. The van der Waals surface area contributed by atoms with Gasteiger partial charge in [0.25, 0.3) is 0 Å². The van der Waals surface area contributed by atoms with Crippen molar-refractivity contribution in [2.45, 2.75) is 32.4 Å². The maximum Gasteiger partial charge on any atom is 0.131 e. The fourth-order valence-electron chi connectivity index (χ4n) is 2.23. The van der Waals surface area contributed by atoms with Gasteiger partial charge in [-0.05, 0) is 25.6 Å². The van der Waals surface area contributed by atoms with Gasteiger partial charge >= 0.3 is 0 Å². The van der Waals surface area contributed by atoms with Crippen molar-refractivity contribution in [2.24, 2.45) is 0 Å². The van der Waals surface area contributed by atoms with Gasteiger partial charge in [0.15, 0.2) is 0 Å². The molecule has 1 N–H and O–H groups in total. The quantitative estimate of drug-likeness (QED) is 0.875. The first-order valence-corrected chi connectivity index (χ1v) is 6.48. The Balaban J connectivity index is 2.19. The topological polar surface area (TPSA) is 30.5 Å². The van der Waals surface area contributed by atoms with Crippen LogP contribution in [0.5, 0.6) is 5.75 Å². The zero-order chi connectivity index (χ0) is 13.0. The summed E-state index contributed by atoms with van der Waals surface area (Å²) < 4.78 is 25.1. The molecule has 0 amide bonds. The Hall–Kier alpha value is -1.13. The summed E-state index contributed by atoms with van der Waals surface area (Å²) in [5, 5.41) is 3.22. The zero-order valence-electron chi connectivity index (χ0n) is 10.9. The molecule has 1 fully saturated rings. The molecule has 0 aliphatic carbocycles. The van der Waals surface area contributed by atoms with Gasteiger partial charge in [-0.2, -0.15) is 0 Å². The Labute approximate surface area is 107 Å². The molecule has 18 heavy (non-hydrogen) atoms. The number of benzene rings is 1. The Morgan fingerprint density at radius 2 is 2.39 bits per heavy atom. The van der Waals surface area contributed by atoms with Crippen LogP contribution in [0, 0.1) is 5.82 Å². The summed E-state index contributed by atoms with van der Waals surface area (Å²) in [6, 6.07) is 4.92. The van der Waals surface area contributed by atoms with E-state index < -0.39 is 0 Å². The molecule has 1 aromatic carbocycles. The van der Waals surface area contributed by atoms with E-state index in [0.29, 0.717) is 17.9 Å². The van der Waals surface area contributed by atoms with Crippen molar-refractivity contribution in [3.8, 4) is 5.75 Å². The normalized spacial score (nSPS) is 20.9. The van der Waals surface area contributed by atoms with Gasteiger partial charge < -0.3 is 14.8 Å². The Morgan fingerprint density at radius 1 is 1.56 bits per heavy atom. The fourth-order valence-corrected chi connectivity index (χ4v) is 2.23. The highest BCUT2D eigenvalue weighted by atomic mass is 19.1. The van der Waals surface area contributed by atoms with Crippen LogP contribution in [0.1, 0.15) is 31.9 Å². The molecule has 1 aliphatic heterocycles. The molecule has 0 radical (unpaired) electrons. The Kier molecular flexibility index (Phi) is 4.55. The van der Waals surface area contributed by atoms with Gasteiger partial charge in [-0.15, -0.1) is 0 Å². The number of halogens is 1. The minimum absolute atomic E-state index is 0.0411. The third-order valence-electron chi connectivity index (χ3n) is 3.14. The molecular formula is C14H20FNO2. The van der Waals surface area contributed by atoms with E-state index in [4.69, 9.17) is 9.47 Å². The lowest BCUT2D eigenvalue weighted by Crippen LogP contribution is -2.22. The standard InChI is InChI=1S/C14H20FNO2/c1-3-16-10(2)14-12(15)5-4-6-13(14)18-11-7-8-17-9-11/h4-6,10-11,16H,3,7-9H2,1-2H3. The highest BCUT2D eigenvalue weighted by Gasteiger charge is 2.21. The van der Waals surface area contributed by atoms with Gasteiger partial charge in [0.2, 0.25) is 0 Å². The van der Waals surface area contributed by atoms with Crippen molar-refractivity contribution in [3.63, 3.8) is 0 Å². The Morgan fingerprint density at radius 3 is 3.06 bits per heavy atom. The van der Waals surface area contributed by atoms with Gasteiger partial charge in [-0.25, -0.2) is 4.39 Å². The smallest absolute Gasteiger partial charge is 0.131 e. The van der Waals surface area contributed by atoms with Crippen LogP contribution < -0.4 is 10.1 Å². The van der Waals surface area contributed by atoms with Gasteiger partial charge in [-0.3, -0.25) is 0 Å². The van der Waals surface area contributed by atoms with Crippen molar-refractivity contribution >= 4 is 0 Å². The van der Waals surface area contributed by atoms with Gasteiger partial charge in [0.1, 0.15) is 17.7 Å². The Bertz CT molecular complexity index is 391. The van der Waals surface area contributed by atoms with Gasteiger partial charge in [-0.1, -0.05) is 13.0 Å². The van der Waals surface area contributed by atoms with E-state index in [1.165, 1.54) is 6.07 Å². The van der Waals surface area contributed by atoms with E-state index in [2.05, 4.69) is 5.32 Å². The first-order chi connectivity index (χ1) is 8.72. The van der Waals surface area contributed by atoms with E-state index in [1.54, 1.807) is 6.07 Å². The van der Waals surface area contributed by atoms with E-state index in [-0.39, 0.29) is 18.0 Å². The summed E-state index contributed by atoms with van der Waals surface area (Å²) in [6.07, 6.45) is 0.908. The van der Waals surface area contributed by atoms with Crippen molar-refractivity contribution in [2.75, 3.05) is 19.8 Å². The molecule has 2 unspecified atom stereocenters. The third-order valence-corrected chi connectivity index (χ3v) is 3.14. The average molecular weight is 253 g/mol. The van der Waals surface area contributed by atoms with Crippen molar-refractivity contribution in [3.05, 3.63) is 29.6 Å². The number of hydrogen-bond donors (Lipinski definition) is 1. The zero-order valence-corrected chi connectivity index (χ0v) is 10.9. The molecule has 0 spiro atoms. The van der Waals surface area contributed by atoms with Crippen LogP contribution in [0.2, 0.25) is 0 Å². The lowest BCUT2D eigenvalue weighted by atomic mass is 10.1. The summed E-state index contributed by atoms with van der Waals surface area (Å²) in [7, 11) is 0. The van der Waals surface area contributed by atoms with Crippen molar-refractivity contribution in [1.29, 1.82) is 0 Å². The van der Waals surface area contributed by atoms with Gasteiger partial charge in [0, 0.05) is 18.0 Å². The predicted octanol–water partition coefficient (Wildman–Crippen LogP) is 2.66. The summed E-state index contributed by atoms with van der Waals surface area (Å²) >= 11 is 0. The minimum atomic E-state index is -0.222. The second-order valence-electron chi connectivity index (χ2n) is 4.53. The highest BCUT2D eigenvalue weighted by molar-refractivity contribution is 5.37. The molecule has 1 aliphatic rings. The van der Waals surface area contributed by atoms with Gasteiger partial charge in [0.05, 0.1) is 13.2 Å². The second kappa shape index (κ2) is 6.16. The monoisotopic (exact) mass is 253 g/mol. The largest absolute Gasteiger partial charge is 0.487 e. The summed E-state index contributed by atoms with van der Waals surface area (Å²) in [4.78, 5) is 0. The molecule has 3 nitrogen and oxygen atoms in total. The number of rotatable bonds is 5. The lowest BCUT2D eigenvalue weighted by molar-refractivity contribution is 0.140.